The second kappa shape index (κ2) is 7.42. The maximum atomic E-state index is 12.1. The van der Waals surface area contributed by atoms with Crippen LogP contribution in [-0.4, -0.2) is 19.8 Å². The number of hydrogen-bond acceptors (Lipinski definition) is 2. The minimum Gasteiger partial charge on any atom is -0.462 e. The first-order chi connectivity index (χ1) is 11.0. The lowest BCUT2D eigenvalue weighted by Crippen LogP contribution is -2.65. The molecule has 2 rings (SSSR count). The molecule has 0 bridgehead atoms. The summed E-state index contributed by atoms with van der Waals surface area (Å²) in [6.45, 7) is 9.76. The SMILES string of the molecule is C=C(C)C(=O)OC(CC)[Si](C)(c1ccccc1)c1ccccc1. The molecule has 23 heavy (non-hydrogen) atoms. The summed E-state index contributed by atoms with van der Waals surface area (Å²) in [7, 11) is -2.22. The molecule has 120 valence electrons. The average Bonchev–Trinajstić information content (AvgIpc) is 2.60. The van der Waals surface area contributed by atoms with E-state index in [2.05, 4.69) is 68.6 Å². The van der Waals surface area contributed by atoms with Crippen LogP contribution in [0.4, 0.5) is 0 Å². The Morgan fingerprint density at radius 2 is 1.48 bits per heavy atom. The quantitative estimate of drug-likeness (QED) is 0.463. The van der Waals surface area contributed by atoms with Gasteiger partial charge in [0.05, 0.1) is 5.73 Å². The lowest BCUT2D eigenvalue weighted by Gasteiger charge is -2.36. The second-order valence-corrected chi connectivity index (χ2v) is 10.2. The first kappa shape index (κ1) is 17.2. The summed E-state index contributed by atoms with van der Waals surface area (Å²) in [6.07, 6.45) is 0.783. The minimum absolute atomic E-state index is 0.128. The van der Waals surface area contributed by atoms with Crippen LogP contribution in [0.2, 0.25) is 6.55 Å². The van der Waals surface area contributed by atoms with Crippen LogP contribution in [0.1, 0.15) is 20.3 Å². The fraction of sp³-hybridized carbons (Fsp3) is 0.250. The molecule has 0 saturated carbocycles. The van der Waals surface area contributed by atoms with E-state index in [1.807, 2.05) is 12.1 Å². The van der Waals surface area contributed by atoms with E-state index in [9.17, 15) is 4.79 Å². The lowest BCUT2D eigenvalue weighted by molar-refractivity contribution is -0.141. The van der Waals surface area contributed by atoms with Crippen molar-refractivity contribution in [2.24, 2.45) is 0 Å². The molecule has 0 aliphatic carbocycles. The molecule has 0 aliphatic rings. The normalized spacial score (nSPS) is 12.5. The molecule has 0 heterocycles. The number of carbonyl (C=O) groups is 1. The summed E-state index contributed by atoms with van der Waals surface area (Å²) in [4.78, 5) is 12.1. The van der Waals surface area contributed by atoms with E-state index in [4.69, 9.17) is 4.74 Å². The van der Waals surface area contributed by atoms with Gasteiger partial charge < -0.3 is 4.74 Å². The van der Waals surface area contributed by atoms with Gasteiger partial charge in [-0.3, -0.25) is 0 Å². The van der Waals surface area contributed by atoms with Gasteiger partial charge in [0.1, 0.15) is 0 Å². The number of hydrogen-bond donors (Lipinski definition) is 0. The fourth-order valence-corrected chi connectivity index (χ4v) is 6.95. The standard InChI is InChI=1S/C20H24O2Si/c1-5-19(22-20(21)16(2)3)23(4,17-12-8-6-9-13-17)18-14-10-7-11-15-18/h6-15,19H,2,5H2,1,3-4H3. The molecule has 0 saturated heterocycles. The number of ether oxygens (including phenoxy) is 1. The fourth-order valence-electron chi connectivity index (χ4n) is 2.95. The first-order valence-electron chi connectivity index (χ1n) is 7.97. The summed E-state index contributed by atoms with van der Waals surface area (Å²) in [5.74, 6) is -0.303. The molecular formula is C20H24O2Si. The Labute approximate surface area is 139 Å². The molecule has 2 aromatic carbocycles. The first-order valence-corrected chi connectivity index (χ1v) is 10.6. The van der Waals surface area contributed by atoms with Gasteiger partial charge >= 0.3 is 5.97 Å². The summed E-state index contributed by atoms with van der Waals surface area (Å²) in [6, 6.07) is 20.8. The van der Waals surface area contributed by atoms with Gasteiger partial charge in [0, 0.05) is 5.57 Å². The highest BCUT2D eigenvalue weighted by Gasteiger charge is 2.42. The molecule has 0 fully saturated rings. The van der Waals surface area contributed by atoms with Gasteiger partial charge in [-0.15, -0.1) is 0 Å². The molecule has 0 amide bonds. The molecule has 1 atom stereocenters. The Morgan fingerprint density at radius 3 is 1.83 bits per heavy atom. The van der Waals surface area contributed by atoms with E-state index in [0.717, 1.165) is 6.42 Å². The van der Waals surface area contributed by atoms with Gasteiger partial charge in [0.2, 0.25) is 0 Å². The van der Waals surface area contributed by atoms with Crippen LogP contribution < -0.4 is 10.4 Å². The Hall–Kier alpha value is -2.13. The maximum Gasteiger partial charge on any atom is 0.333 e. The van der Waals surface area contributed by atoms with Crippen molar-refractivity contribution in [2.45, 2.75) is 32.5 Å². The van der Waals surface area contributed by atoms with Crippen LogP contribution in [0.5, 0.6) is 0 Å². The van der Waals surface area contributed by atoms with Crippen LogP contribution >= 0.6 is 0 Å². The Balaban J connectivity index is 2.53. The average molecular weight is 324 g/mol. The monoisotopic (exact) mass is 324 g/mol. The van der Waals surface area contributed by atoms with Gasteiger partial charge in [-0.1, -0.05) is 91.1 Å². The van der Waals surface area contributed by atoms with E-state index in [1.165, 1.54) is 10.4 Å². The molecule has 1 unspecified atom stereocenters. The van der Waals surface area contributed by atoms with E-state index < -0.39 is 8.07 Å². The van der Waals surface area contributed by atoms with Crippen LogP contribution in [0, 0.1) is 0 Å². The zero-order valence-corrected chi connectivity index (χ0v) is 15.1. The molecular weight excluding hydrogens is 300 g/mol. The topological polar surface area (TPSA) is 26.3 Å². The zero-order chi connectivity index (χ0) is 16.9. The third-order valence-electron chi connectivity index (χ3n) is 4.36. The summed E-state index contributed by atoms with van der Waals surface area (Å²) >= 11 is 0. The lowest BCUT2D eigenvalue weighted by atomic mass is 10.3. The van der Waals surface area contributed by atoms with Gasteiger partial charge in [-0.2, -0.15) is 0 Å². The van der Waals surface area contributed by atoms with Gasteiger partial charge in [0.25, 0.3) is 0 Å². The molecule has 2 nitrogen and oxygen atoms in total. The van der Waals surface area contributed by atoms with Crippen LogP contribution in [-0.2, 0) is 9.53 Å². The molecule has 0 aromatic heterocycles. The van der Waals surface area contributed by atoms with Crippen LogP contribution in [0.25, 0.3) is 0 Å². The van der Waals surface area contributed by atoms with Crippen LogP contribution in [0.15, 0.2) is 72.8 Å². The van der Waals surface area contributed by atoms with E-state index in [-0.39, 0.29) is 11.7 Å². The predicted molar refractivity (Wildman–Crippen MR) is 98.8 cm³/mol. The highest BCUT2D eigenvalue weighted by Crippen LogP contribution is 2.18. The van der Waals surface area contributed by atoms with Gasteiger partial charge in [-0.25, -0.2) is 4.79 Å². The number of rotatable bonds is 6. The predicted octanol–water partition coefficient (Wildman–Crippen LogP) is 3.32. The molecule has 2 aromatic rings. The third-order valence-corrected chi connectivity index (χ3v) is 9.24. The van der Waals surface area contributed by atoms with Gasteiger partial charge in [-0.05, 0) is 13.3 Å². The zero-order valence-electron chi connectivity index (χ0n) is 14.1. The van der Waals surface area contributed by atoms with Gasteiger partial charge in [0.15, 0.2) is 8.07 Å². The van der Waals surface area contributed by atoms with Crippen molar-refractivity contribution in [3.63, 3.8) is 0 Å². The second-order valence-electron chi connectivity index (χ2n) is 6.02. The number of benzene rings is 2. The van der Waals surface area contributed by atoms with Crippen molar-refractivity contribution in [3.8, 4) is 0 Å². The Kier molecular flexibility index (Phi) is 5.56. The summed E-state index contributed by atoms with van der Waals surface area (Å²) in [5, 5.41) is 2.54. The molecule has 0 N–H and O–H groups in total. The molecule has 0 aliphatic heterocycles. The minimum atomic E-state index is -2.22. The highest BCUT2D eigenvalue weighted by atomic mass is 28.3. The van der Waals surface area contributed by atoms with Crippen LogP contribution in [0.3, 0.4) is 0 Å². The number of esters is 1. The van der Waals surface area contributed by atoms with Crippen molar-refractivity contribution in [1.29, 1.82) is 0 Å². The Bertz CT molecular complexity index is 625. The van der Waals surface area contributed by atoms with Crippen molar-refractivity contribution in [3.05, 3.63) is 72.8 Å². The maximum absolute atomic E-state index is 12.1. The largest absolute Gasteiger partial charge is 0.462 e. The van der Waals surface area contributed by atoms with Crippen molar-refractivity contribution in [1.82, 2.24) is 0 Å². The van der Waals surface area contributed by atoms with Crippen molar-refractivity contribution < 1.29 is 9.53 Å². The molecule has 3 heteroatoms. The summed E-state index contributed by atoms with van der Waals surface area (Å²) < 4.78 is 5.86. The number of carbonyl (C=O) groups excluding carboxylic acids is 1. The molecule has 0 spiro atoms. The summed E-state index contributed by atoms with van der Waals surface area (Å²) in [5.41, 5.74) is 0.317. The molecule has 0 radical (unpaired) electrons. The highest BCUT2D eigenvalue weighted by molar-refractivity contribution is 7.02. The van der Waals surface area contributed by atoms with E-state index in [1.54, 1.807) is 6.92 Å². The van der Waals surface area contributed by atoms with Crippen molar-refractivity contribution in [2.75, 3.05) is 0 Å². The Morgan fingerprint density at radius 1 is 1.04 bits per heavy atom. The van der Waals surface area contributed by atoms with E-state index >= 15 is 0 Å². The third kappa shape index (κ3) is 3.62. The smallest absolute Gasteiger partial charge is 0.333 e. The van der Waals surface area contributed by atoms with Crippen molar-refractivity contribution >= 4 is 24.4 Å². The van der Waals surface area contributed by atoms with E-state index in [0.29, 0.717) is 5.57 Å².